The van der Waals surface area contributed by atoms with Gasteiger partial charge in [-0.2, -0.15) is 0 Å². The normalized spacial score (nSPS) is 34.6. The fourth-order valence-electron chi connectivity index (χ4n) is 5.52. The van der Waals surface area contributed by atoms with E-state index in [1.165, 1.54) is 0 Å². The summed E-state index contributed by atoms with van der Waals surface area (Å²) >= 11 is 2.45. The minimum absolute atomic E-state index is 0.130. The van der Waals surface area contributed by atoms with Gasteiger partial charge in [0.05, 0.1) is 37.1 Å². The number of ether oxygens (including phenoxy) is 3. The zero-order chi connectivity index (χ0) is 23.2. The van der Waals surface area contributed by atoms with E-state index in [0.29, 0.717) is 35.9 Å². The number of halogens is 1. The summed E-state index contributed by atoms with van der Waals surface area (Å²) in [6.45, 7) is 6.79. The summed E-state index contributed by atoms with van der Waals surface area (Å²) in [5, 5.41) is 30.9. The first-order valence-corrected chi connectivity index (χ1v) is 13.5. The van der Waals surface area contributed by atoms with Gasteiger partial charge in [0.2, 0.25) is 5.79 Å². The molecule has 0 aromatic rings. The lowest BCUT2D eigenvalue weighted by atomic mass is 9.83. The molecule has 7 heteroatoms. The molecule has 6 nitrogen and oxygen atoms in total. The molecule has 3 N–H and O–H groups in total. The van der Waals surface area contributed by atoms with Gasteiger partial charge in [-0.05, 0) is 56.4 Å². The monoisotopic (exact) mass is 564 g/mol. The number of unbranched alkanes of at least 4 members (excludes halogenated alkanes) is 1. The summed E-state index contributed by atoms with van der Waals surface area (Å²) in [5.74, 6) is -0.361. The third kappa shape index (κ3) is 6.55. The summed E-state index contributed by atoms with van der Waals surface area (Å²) < 4.78 is 17.7. The van der Waals surface area contributed by atoms with Crippen molar-refractivity contribution < 1.29 is 29.5 Å². The third-order valence-corrected chi connectivity index (χ3v) is 8.78. The second-order valence-corrected chi connectivity index (χ2v) is 11.3. The molecule has 3 unspecified atom stereocenters. The van der Waals surface area contributed by atoms with E-state index in [2.05, 4.69) is 36.1 Å². The van der Waals surface area contributed by atoms with Crippen molar-refractivity contribution in [2.45, 2.75) is 98.3 Å². The molecule has 2 heterocycles. The summed E-state index contributed by atoms with van der Waals surface area (Å²) in [7, 11) is 0. The van der Waals surface area contributed by atoms with Gasteiger partial charge in [-0.3, -0.25) is 0 Å². The lowest BCUT2D eigenvalue weighted by Gasteiger charge is -2.27. The van der Waals surface area contributed by atoms with Gasteiger partial charge in [0.25, 0.3) is 0 Å². The Labute approximate surface area is 206 Å². The molecule has 1 saturated carbocycles. The molecular formula is C25H41IO6. The summed E-state index contributed by atoms with van der Waals surface area (Å²) in [6, 6.07) is 0. The Bertz CT molecular complexity index is 622. The number of allylic oxidation sites excluding steroid dienone is 1. The SMILES string of the molecule is C=CC(O)(CCCC)CCC[C@@H]1[C@H]2CC(C(I)CC=CC3(CO)OCCO3)O[C@H]2C[C@H]1O. The van der Waals surface area contributed by atoms with Crippen molar-refractivity contribution in [2.24, 2.45) is 11.8 Å². The van der Waals surface area contributed by atoms with Crippen LogP contribution in [0.25, 0.3) is 0 Å². The number of fused-ring (bicyclic) bond motifs is 1. The molecule has 7 atom stereocenters. The van der Waals surface area contributed by atoms with E-state index < -0.39 is 11.4 Å². The minimum Gasteiger partial charge on any atom is -0.393 e. The van der Waals surface area contributed by atoms with Crippen LogP contribution in [0, 0.1) is 11.8 Å². The maximum atomic E-state index is 10.7. The minimum atomic E-state index is -0.983. The van der Waals surface area contributed by atoms with Crippen LogP contribution in [0.15, 0.2) is 24.8 Å². The van der Waals surface area contributed by atoms with Crippen LogP contribution in [0.4, 0.5) is 0 Å². The molecule has 0 bridgehead atoms. The van der Waals surface area contributed by atoms with Crippen LogP contribution in [0.2, 0.25) is 0 Å². The zero-order valence-electron chi connectivity index (χ0n) is 19.3. The van der Waals surface area contributed by atoms with Crippen molar-refractivity contribution in [3.63, 3.8) is 0 Å². The highest BCUT2D eigenvalue weighted by Gasteiger charge is 2.49. The average molecular weight is 565 g/mol. The third-order valence-electron chi connectivity index (χ3n) is 7.47. The highest BCUT2D eigenvalue weighted by molar-refractivity contribution is 14.1. The number of alkyl halides is 1. The maximum absolute atomic E-state index is 10.7. The summed E-state index contributed by atoms with van der Waals surface area (Å²) in [5.41, 5.74) is -0.786. The number of rotatable bonds is 13. The molecule has 1 aliphatic carbocycles. The molecule has 0 radical (unpaired) electrons. The van der Waals surface area contributed by atoms with Crippen molar-refractivity contribution >= 4 is 22.6 Å². The van der Waals surface area contributed by atoms with Crippen molar-refractivity contribution in [2.75, 3.05) is 19.8 Å². The van der Waals surface area contributed by atoms with Crippen LogP contribution < -0.4 is 0 Å². The molecule has 3 fully saturated rings. The molecule has 0 aromatic heterocycles. The Kier molecular flexibility index (Phi) is 10.0. The van der Waals surface area contributed by atoms with Gasteiger partial charge in [-0.1, -0.05) is 54.5 Å². The van der Waals surface area contributed by atoms with E-state index in [4.69, 9.17) is 14.2 Å². The standard InChI is InChI=1S/C25H41IO6/c1-3-5-10-24(29,4-2)11-6-8-18-19-15-23(32-22(19)16-21(18)28)20(26)9-7-12-25(17-27)30-13-14-31-25/h4,7,12,18-23,27-29H,2-3,5-6,8-11,13-17H2,1H3/t18-,19-,20?,21-,22+,23?,24?/m1/s1. The predicted molar refractivity (Wildman–Crippen MR) is 133 cm³/mol. The molecule has 32 heavy (non-hydrogen) atoms. The molecule has 184 valence electrons. The van der Waals surface area contributed by atoms with Gasteiger partial charge in [0.15, 0.2) is 0 Å². The topological polar surface area (TPSA) is 88.4 Å². The quantitative estimate of drug-likeness (QED) is 0.179. The fourth-order valence-corrected chi connectivity index (χ4v) is 6.27. The lowest BCUT2D eigenvalue weighted by Crippen LogP contribution is -2.32. The first kappa shape index (κ1) is 26.6. The fraction of sp³-hybridized carbons (Fsp3) is 0.840. The highest BCUT2D eigenvalue weighted by Crippen LogP contribution is 2.47. The van der Waals surface area contributed by atoms with Crippen molar-refractivity contribution in [3.8, 4) is 0 Å². The smallest absolute Gasteiger partial charge is 0.211 e. The molecule has 3 rings (SSSR count). The number of hydrogen-bond donors (Lipinski definition) is 3. The molecule has 0 amide bonds. The maximum Gasteiger partial charge on any atom is 0.211 e. The highest BCUT2D eigenvalue weighted by atomic mass is 127. The van der Waals surface area contributed by atoms with E-state index in [-0.39, 0.29) is 30.8 Å². The van der Waals surface area contributed by atoms with Crippen molar-refractivity contribution in [3.05, 3.63) is 24.8 Å². The van der Waals surface area contributed by atoms with E-state index >= 15 is 0 Å². The Hall–Kier alpha value is -0.0300. The first-order chi connectivity index (χ1) is 15.4. The van der Waals surface area contributed by atoms with Gasteiger partial charge < -0.3 is 29.5 Å². The molecule has 0 aromatic carbocycles. The van der Waals surface area contributed by atoms with Crippen LogP contribution in [-0.2, 0) is 14.2 Å². The van der Waals surface area contributed by atoms with Crippen LogP contribution in [-0.4, -0.2) is 68.8 Å². The Balaban J connectivity index is 1.47. The summed E-state index contributed by atoms with van der Waals surface area (Å²) in [6.07, 6.45) is 13.4. The molecule has 0 spiro atoms. The Morgan fingerprint density at radius 1 is 1.22 bits per heavy atom. The molecule has 3 aliphatic rings. The van der Waals surface area contributed by atoms with Crippen LogP contribution >= 0.6 is 22.6 Å². The van der Waals surface area contributed by atoms with E-state index in [9.17, 15) is 15.3 Å². The second-order valence-electron chi connectivity index (χ2n) is 9.70. The lowest BCUT2D eigenvalue weighted by molar-refractivity contribution is -0.144. The van der Waals surface area contributed by atoms with E-state index in [0.717, 1.165) is 44.9 Å². The number of aliphatic hydroxyl groups excluding tert-OH is 2. The largest absolute Gasteiger partial charge is 0.393 e. The second kappa shape index (κ2) is 12.1. The van der Waals surface area contributed by atoms with Gasteiger partial charge in [0, 0.05) is 10.3 Å². The Morgan fingerprint density at radius 2 is 1.94 bits per heavy atom. The van der Waals surface area contributed by atoms with E-state index in [1.807, 2.05) is 12.2 Å². The van der Waals surface area contributed by atoms with Gasteiger partial charge in [-0.15, -0.1) is 6.58 Å². The Morgan fingerprint density at radius 3 is 2.59 bits per heavy atom. The van der Waals surface area contributed by atoms with Crippen molar-refractivity contribution in [1.29, 1.82) is 0 Å². The van der Waals surface area contributed by atoms with Gasteiger partial charge in [-0.25, -0.2) is 0 Å². The average Bonchev–Trinajstić information content (AvgIpc) is 3.49. The predicted octanol–water partition coefficient (Wildman–Crippen LogP) is 3.90. The summed E-state index contributed by atoms with van der Waals surface area (Å²) in [4.78, 5) is 0. The van der Waals surface area contributed by atoms with Crippen LogP contribution in [0.1, 0.15) is 64.7 Å². The van der Waals surface area contributed by atoms with Crippen LogP contribution in [0.5, 0.6) is 0 Å². The van der Waals surface area contributed by atoms with Crippen molar-refractivity contribution in [1.82, 2.24) is 0 Å². The van der Waals surface area contributed by atoms with Gasteiger partial charge in [0.1, 0.15) is 6.61 Å². The number of hydrogen-bond acceptors (Lipinski definition) is 6. The molecular weight excluding hydrogens is 523 g/mol. The molecule has 2 saturated heterocycles. The first-order valence-electron chi connectivity index (χ1n) is 12.3. The van der Waals surface area contributed by atoms with E-state index in [1.54, 1.807) is 6.08 Å². The van der Waals surface area contributed by atoms with Crippen LogP contribution in [0.3, 0.4) is 0 Å². The molecule has 2 aliphatic heterocycles. The zero-order valence-corrected chi connectivity index (χ0v) is 21.5. The number of aliphatic hydroxyl groups is 3. The van der Waals surface area contributed by atoms with Gasteiger partial charge >= 0.3 is 0 Å².